The molecule has 0 saturated heterocycles. The van der Waals surface area contributed by atoms with Crippen LogP contribution in [0.5, 0.6) is 0 Å². The maximum absolute atomic E-state index is 11.7. The van der Waals surface area contributed by atoms with Crippen molar-refractivity contribution in [3.05, 3.63) is 42.2 Å². The Morgan fingerprint density at radius 2 is 2.38 bits per heavy atom. The lowest BCUT2D eigenvalue weighted by molar-refractivity contribution is 0.0954. The molecular weight excluding hydrogens is 387 g/mol. The number of hydrogen-bond acceptors (Lipinski definition) is 2. The second-order valence-electron chi connectivity index (χ2n) is 2.83. The molecule has 1 rings (SSSR count). The number of nitrogens with zero attached hydrogens (tertiary/aromatic N) is 3. The van der Waals surface area contributed by atoms with E-state index in [0.29, 0.717) is 12.1 Å². The average Bonchev–Trinajstić information content (AvgIpc) is 2.27. The summed E-state index contributed by atoms with van der Waals surface area (Å²) in [6.07, 6.45) is 0. The predicted octanol–water partition coefficient (Wildman–Crippen LogP) is 3.09. The Bertz CT molecular complexity index is 445. The van der Waals surface area contributed by atoms with Gasteiger partial charge in [-0.2, -0.15) is 0 Å². The summed E-state index contributed by atoms with van der Waals surface area (Å²) in [5.41, 5.74) is 8.67. The summed E-state index contributed by atoms with van der Waals surface area (Å²) in [5.74, 6) is -0.168. The molecule has 0 unspecified atom stereocenters. The summed E-state index contributed by atoms with van der Waals surface area (Å²) in [4.78, 5) is 14.3. The molecule has 0 atom stereocenters. The van der Waals surface area contributed by atoms with E-state index in [1.165, 1.54) is 0 Å². The lowest BCUT2D eigenvalue weighted by atomic mass is 10.2. The van der Waals surface area contributed by atoms with E-state index >= 15 is 0 Å². The van der Waals surface area contributed by atoms with E-state index < -0.39 is 0 Å². The maximum Gasteiger partial charge on any atom is 0.252 e. The Kier molecular flexibility index (Phi) is 5.58. The highest BCUT2D eigenvalue weighted by Gasteiger charge is 2.09. The topological polar surface area (TPSA) is 77.9 Å². The van der Waals surface area contributed by atoms with Gasteiger partial charge in [-0.15, -0.1) is 0 Å². The van der Waals surface area contributed by atoms with Crippen LogP contribution in [0.1, 0.15) is 10.4 Å². The van der Waals surface area contributed by atoms with Crippen LogP contribution >= 0.6 is 38.5 Å². The molecule has 16 heavy (non-hydrogen) atoms. The third kappa shape index (κ3) is 3.99. The van der Waals surface area contributed by atoms with E-state index in [0.717, 1.165) is 8.04 Å². The first-order chi connectivity index (χ1) is 7.65. The highest BCUT2D eigenvalue weighted by atomic mass is 127. The number of nitrogens with one attached hydrogen (secondary N) is 1. The second kappa shape index (κ2) is 6.72. The van der Waals surface area contributed by atoms with E-state index in [4.69, 9.17) is 5.53 Å². The van der Waals surface area contributed by atoms with Crippen LogP contribution in [0.15, 0.2) is 27.8 Å². The van der Waals surface area contributed by atoms with Gasteiger partial charge in [0.15, 0.2) is 0 Å². The molecule has 0 spiro atoms. The van der Waals surface area contributed by atoms with Crippen LogP contribution in [0.4, 0.5) is 0 Å². The van der Waals surface area contributed by atoms with Gasteiger partial charge in [-0.3, -0.25) is 4.79 Å². The van der Waals surface area contributed by atoms with Crippen LogP contribution in [-0.4, -0.2) is 19.0 Å². The quantitative estimate of drug-likeness (QED) is 0.275. The molecule has 0 fully saturated rings. The van der Waals surface area contributed by atoms with Gasteiger partial charge < -0.3 is 5.32 Å². The van der Waals surface area contributed by atoms with Gasteiger partial charge in [0.25, 0.3) is 5.91 Å². The fourth-order valence-electron chi connectivity index (χ4n) is 1.03. The van der Waals surface area contributed by atoms with Crippen LogP contribution in [0.3, 0.4) is 0 Å². The van der Waals surface area contributed by atoms with E-state index in [2.05, 4.69) is 53.9 Å². The number of azide groups is 1. The fraction of sp³-hybridized carbons (Fsp3) is 0.222. The molecule has 0 aliphatic heterocycles. The lowest BCUT2D eigenvalue weighted by Gasteiger charge is -2.05. The van der Waals surface area contributed by atoms with Crippen LogP contribution in [0.25, 0.3) is 10.4 Å². The molecule has 5 nitrogen and oxygen atoms in total. The van der Waals surface area contributed by atoms with E-state index in [-0.39, 0.29) is 12.5 Å². The molecule has 1 N–H and O–H groups in total. The summed E-state index contributed by atoms with van der Waals surface area (Å²) in [7, 11) is 0. The Balaban J connectivity index is 2.65. The number of halogens is 2. The number of rotatable bonds is 4. The molecule has 7 heteroatoms. The largest absolute Gasteiger partial charge is 0.352 e. The molecule has 84 valence electrons. The third-order valence-corrected chi connectivity index (χ3v) is 3.17. The van der Waals surface area contributed by atoms with E-state index in [1.807, 2.05) is 12.1 Å². The first-order valence-corrected chi connectivity index (χ1v) is 6.26. The van der Waals surface area contributed by atoms with Crippen molar-refractivity contribution in [1.29, 1.82) is 0 Å². The predicted molar refractivity (Wildman–Crippen MR) is 73.2 cm³/mol. The molecule has 0 bridgehead atoms. The van der Waals surface area contributed by atoms with Gasteiger partial charge in [0.2, 0.25) is 0 Å². The Hall–Kier alpha value is -0.790. The van der Waals surface area contributed by atoms with Gasteiger partial charge in [-0.05, 0) is 46.3 Å². The second-order valence-corrected chi connectivity index (χ2v) is 4.91. The molecule has 0 aliphatic carbocycles. The van der Waals surface area contributed by atoms with Crippen molar-refractivity contribution in [1.82, 2.24) is 5.32 Å². The molecule has 1 amide bonds. The first-order valence-electron chi connectivity index (χ1n) is 4.39. The summed E-state index contributed by atoms with van der Waals surface area (Å²) in [5, 5.41) is 6.00. The molecular formula is C9H8BrIN4O. The van der Waals surface area contributed by atoms with Crippen molar-refractivity contribution < 1.29 is 4.79 Å². The lowest BCUT2D eigenvalue weighted by Crippen LogP contribution is -2.26. The zero-order valence-electron chi connectivity index (χ0n) is 8.15. The van der Waals surface area contributed by atoms with Gasteiger partial charge in [0.1, 0.15) is 0 Å². The summed E-state index contributed by atoms with van der Waals surface area (Å²) in [6, 6.07) is 5.48. The minimum absolute atomic E-state index is 0.168. The Morgan fingerprint density at radius 3 is 3.06 bits per heavy atom. The summed E-state index contributed by atoms with van der Waals surface area (Å²) in [6.45, 7) is 0.596. The van der Waals surface area contributed by atoms with Gasteiger partial charge in [0.05, 0.1) is 5.56 Å². The SMILES string of the molecule is [N-]=[N+]=NCCNC(=O)c1cc(Br)ccc1I. The standard InChI is InChI=1S/C9H8BrIN4O/c10-6-1-2-8(11)7(5-6)9(16)13-3-4-14-15-12/h1-2,5H,3-4H2,(H,13,16). The normalized spacial score (nSPS) is 9.38. The zero-order chi connectivity index (χ0) is 12.0. The zero-order valence-corrected chi connectivity index (χ0v) is 11.9. The van der Waals surface area contributed by atoms with E-state index in [1.54, 1.807) is 6.07 Å². The molecule has 0 aliphatic rings. The molecule has 1 aromatic rings. The molecule has 1 aromatic carbocycles. The van der Waals surface area contributed by atoms with Gasteiger partial charge in [-0.25, -0.2) is 0 Å². The Morgan fingerprint density at radius 1 is 1.62 bits per heavy atom. The van der Waals surface area contributed by atoms with Crippen molar-refractivity contribution in [2.75, 3.05) is 13.1 Å². The molecule has 0 aromatic heterocycles. The van der Waals surface area contributed by atoms with Gasteiger partial charge in [0, 0.05) is 26.0 Å². The van der Waals surface area contributed by atoms with Crippen molar-refractivity contribution in [3.8, 4) is 0 Å². The number of carbonyl (C=O) groups is 1. The van der Waals surface area contributed by atoms with Crippen LogP contribution < -0.4 is 5.32 Å². The highest BCUT2D eigenvalue weighted by molar-refractivity contribution is 14.1. The first kappa shape index (κ1) is 13.3. The van der Waals surface area contributed by atoms with Crippen molar-refractivity contribution in [2.45, 2.75) is 0 Å². The van der Waals surface area contributed by atoms with Gasteiger partial charge >= 0.3 is 0 Å². The van der Waals surface area contributed by atoms with Crippen molar-refractivity contribution >= 4 is 44.4 Å². The van der Waals surface area contributed by atoms with Crippen LogP contribution in [0, 0.1) is 3.57 Å². The fourth-order valence-corrected chi connectivity index (χ4v) is 1.97. The average molecular weight is 395 g/mol. The summed E-state index contributed by atoms with van der Waals surface area (Å²) >= 11 is 5.40. The van der Waals surface area contributed by atoms with Crippen LogP contribution in [-0.2, 0) is 0 Å². The van der Waals surface area contributed by atoms with Crippen molar-refractivity contribution in [2.24, 2.45) is 5.11 Å². The van der Waals surface area contributed by atoms with Gasteiger partial charge in [-0.1, -0.05) is 21.0 Å². The Labute approximate surface area is 115 Å². The molecule has 0 saturated carbocycles. The summed E-state index contributed by atoms with van der Waals surface area (Å²) < 4.78 is 1.73. The number of hydrogen-bond donors (Lipinski definition) is 1. The minimum Gasteiger partial charge on any atom is -0.352 e. The van der Waals surface area contributed by atoms with E-state index in [9.17, 15) is 4.79 Å². The maximum atomic E-state index is 11.7. The number of benzene rings is 1. The van der Waals surface area contributed by atoms with Crippen molar-refractivity contribution in [3.63, 3.8) is 0 Å². The molecule has 0 heterocycles. The van der Waals surface area contributed by atoms with Crippen LogP contribution in [0.2, 0.25) is 0 Å². The number of carbonyl (C=O) groups excluding carboxylic acids is 1. The molecule has 0 radical (unpaired) electrons. The smallest absolute Gasteiger partial charge is 0.252 e. The minimum atomic E-state index is -0.168. The highest BCUT2D eigenvalue weighted by Crippen LogP contribution is 2.18. The number of amides is 1. The third-order valence-electron chi connectivity index (χ3n) is 1.73. The monoisotopic (exact) mass is 394 g/mol.